The molecule has 2 rings (SSSR count). The molecule has 0 spiro atoms. The zero-order valence-electron chi connectivity index (χ0n) is 12.6. The minimum absolute atomic E-state index is 0.00366. The van der Waals surface area contributed by atoms with Crippen LogP contribution >= 0.6 is 11.6 Å². The van der Waals surface area contributed by atoms with Gasteiger partial charge in [-0.15, -0.1) is 0 Å². The zero-order valence-corrected chi connectivity index (χ0v) is 13.3. The number of nitrogens with two attached hydrogens (primary N) is 1. The molecule has 0 amide bonds. The maximum atomic E-state index is 6.38. The van der Waals surface area contributed by atoms with Crippen LogP contribution in [0.4, 0.5) is 0 Å². The van der Waals surface area contributed by atoms with Gasteiger partial charge in [-0.3, -0.25) is 11.3 Å². The summed E-state index contributed by atoms with van der Waals surface area (Å²) < 4.78 is 0. The molecule has 3 atom stereocenters. The van der Waals surface area contributed by atoms with Crippen molar-refractivity contribution < 1.29 is 0 Å². The van der Waals surface area contributed by atoms with Gasteiger partial charge in [-0.25, -0.2) is 0 Å². The van der Waals surface area contributed by atoms with E-state index in [1.54, 1.807) is 0 Å². The van der Waals surface area contributed by atoms with E-state index in [2.05, 4.69) is 43.5 Å². The van der Waals surface area contributed by atoms with Gasteiger partial charge in [-0.1, -0.05) is 80.4 Å². The number of benzene rings is 2. The number of hydrogen-bond donors (Lipinski definition) is 2. The Morgan fingerprint density at radius 2 is 1.67 bits per heavy atom. The molecule has 0 saturated heterocycles. The SMILES string of the molecule is CCC(C)C(c1ccccc1)C(NN)c1ccccc1Cl. The highest BCUT2D eigenvalue weighted by Crippen LogP contribution is 2.39. The predicted octanol–water partition coefficient (Wildman–Crippen LogP) is 4.67. The molecular formula is C18H23ClN2. The quantitative estimate of drug-likeness (QED) is 0.601. The van der Waals surface area contributed by atoms with Crippen LogP contribution < -0.4 is 11.3 Å². The molecule has 0 aliphatic heterocycles. The molecule has 0 saturated carbocycles. The zero-order chi connectivity index (χ0) is 15.2. The summed E-state index contributed by atoms with van der Waals surface area (Å²) in [5.41, 5.74) is 5.33. The van der Waals surface area contributed by atoms with Crippen LogP contribution in [0.5, 0.6) is 0 Å². The molecule has 0 heterocycles. The summed E-state index contributed by atoms with van der Waals surface area (Å²) in [7, 11) is 0. The molecule has 21 heavy (non-hydrogen) atoms. The lowest BCUT2D eigenvalue weighted by Crippen LogP contribution is -2.35. The number of hydrazine groups is 1. The van der Waals surface area contributed by atoms with E-state index in [4.69, 9.17) is 17.4 Å². The van der Waals surface area contributed by atoms with Crippen LogP contribution in [0.1, 0.15) is 43.4 Å². The second-order valence-corrected chi connectivity index (χ2v) is 5.90. The maximum absolute atomic E-state index is 6.38. The second kappa shape index (κ2) is 7.60. The van der Waals surface area contributed by atoms with Crippen LogP contribution in [0.3, 0.4) is 0 Å². The van der Waals surface area contributed by atoms with E-state index in [1.807, 2.05) is 30.3 Å². The van der Waals surface area contributed by atoms with Gasteiger partial charge in [0.1, 0.15) is 0 Å². The molecule has 3 N–H and O–H groups in total. The topological polar surface area (TPSA) is 38.0 Å². The summed E-state index contributed by atoms with van der Waals surface area (Å²) in [6.45, 7) is 4.47. The molecule has 0 radical (unpaired) electrons. The molecule has 2 aromatic carbocycles. The van der Waals surface area contributed by atoms with Crippen LogP contribution in [-0.4, -0.2) is 0 Å². The number of rotatable bonds is 6. The third-order valence-corrected chi connectivity index (χ3v) is 4.56. The van der Waals surface area contributed by atoms with Gasteiger partial charge < -0.3 is 0 Å². The highest BCUT2D eigenvalue weighted by atomic mass is 35.5. The Hall–Kier alpha value is -1.35. The Balaban J connectivity index is 2.46. The summed E-state index contributed by atoms with van der Waals surface area (Å²) >= 11 is 6.38. The predicted molar refractivity (Wildman–Crippen MR) is 90.2 cm³/mol. The van der Waals surface area contributed by atoms with Crippen molar-refractivity contribution in [2.75, 3.05) is 0 Å². The van der Waals surface area contributed by atoms with E-state index in [0.717, 1.165) is 17.0 Å². The van der Waals surface area contributed by atoms with Gasteiger partial charge in [0, 0.05) is 10.9 Å². The molecule has 0 aliphatic carbocycles. The first-order valence-electron chi connectivity index (χ1n) is 7.44. The lowest BCUT2D eigenvalue weighted by molar-refractivity contribution is 0.343. The number of nitrogens with one attached hydrogen (secondary N) is 1. The Labute approximate surface area is 132 Å². The molecule has 3 heteroatoms. The van der Waals surface area contributed by atoms with E-state index < -0.39 is 0 Å². The Kier molecular flexibility index (Phi) is 5.80. The molecule has 0 fully saturated rings. The van der Waals surface area contributed by atoms with Crippen LogP contribution in [0.25, 0.3) is 0 Å². The average Bonchev–Trinajstić information content (AvgIpc) is 2.53. The van der Waals surface area contributed by atoms with Crippen molar-refractivity contribution in [2.45, 2.75) is 32.2 Å². The van der Waals surface area contributed by atoms with E-state index in [9.17, 15) is 0 Å². The van der Waals surface area contributed by atoms with Crippen molar-refractivity contribution in [3.8, 4) is 0 Å². The Bertz CT molecular complexity index is 556. The number of halogens is 1. The van der Waals surface area contributed by atoms with Gasteiger partial charge in [-0.2, -0.15) is 0 Å². The second-order valence-electron chi connectivity index (χ2n) is 5.49. The third kappa shape index (κ3) is 3.65. The fourth-order valence-electron chi connectivity index (χ4n) is 2.89. The molecular weight excluding hydrogens is 280 g/mol. The van der Waals surface area contributed by atoms with Crippen LogP contribution in [0, 0.1) is 5.92 Å². The van der Waals surface area contributed by atoms with Crippen LogP contribution in [0.15, 0.2) is 54.6 Å². The van der Waals surface area contributed by atoms with Crippen molar-refractivity contribution in [3.63, 3.8) is 0 Å². The lowest BCUT2D eigenvalue weighted by Gasteiger charge is -2.32. The normalized spacial score (nSPS) is 15.4. The molecule has 3 unspecified atom stereocenters. The Morgan fingerprint density at radius 3 is 2.24 bits per heavy atom. The first kappa shape index (κ1) is 16.0. The minimum Gasteiger partial charge on any atom is -0.271 e. The minimum atomic E-state index is -0.00366. The molecule has 0 bridgehead atoms. The van der Waals surface area contributed by atoms with Gasteiger partial charge in [0.15, 0.2) is 0 Å². The average molecular weight is 303 g/mol. The summed E-state index contributed by atoms with van der Waals surface area (Å²) in [4.78, 5) is 0. The first-order chi connectivity index (χ1) is 10.2. The molecule has 2 aromatic rings. The highest BCUT2D eigenvalue weighted by molar-refractivity contribution is 6.31. The van der Waals surface area contributed by atoms with Crippen molar-refractivity contribution in [2.24, 2.45) is 11.8 Å². The fourth-order valence-corrected chi connectivity index (χ4v) is 3.15. The lowest BCUT2D eigenvalue weighted by atomic mass is 9.78. The van der Waals surface area contributed by atoms with Gasteiger partial charge in [0.2, 0.25) is 0 Å². The van der Waals surface area contributed by atoms with Gasteiger partial charge >= 0.3 is 0 Å². The van der Waals surface area contributed by atoms with Crippen LogP contribution in [0.2, 0.25) is 5.02 Å². The smallest absolute Gasteiger partial charge is 0.0545 e. The number of hydrogen-bond acceptors (Lipinski definition) is 2. The van der Waals surface area contributed by atoms with Crippen molar-refractivity contribution >= 4 is 11.6 Å². The van der Waals surface area contributed by atoms with Crippen molar-refractivity contribution in [1.29, 1.82) is 0 Å². The molecule has 112 valence electrons. The summed E-state index contributed by atoms with van der Waals surface area (Å²) in [6, 6.07) is 18.4. The van der Waals surface area contributed by atoms with E-state index in [0.29, 0.717) is 5.92 Å². The highest BCUT2D eigenvalue weighted by Gasteiger charge is 2.29. The van der Waals surface area contributed by atoms with Crippen molar-refractivity contribution in [1.82, 2.24) is 5.43 Å². The molecule has 0 aliphatic rings. The first-order valence-corrected chi connectivity index (χ1v) is 7.82. The van der Waals surface area contributed by atoms with Gasteiger partial charge in [0.05, 0.1) is 6.04 Å². The van der Waals surface area contributed by atoms with Crippen LogP contribution in [-0.2, 0) is 0 Å². The van der Waals surface area contributed by atoms with E-state index in [1.165, 1.54) is 5.56 Å². The summed E-state index contributed by atoms with van der Waals surface area (Å²) in [5, 5.41) is 0.754. The third-order valence-electron chi connectivity index (χ3n) is 4.22. The van der Waals surface area contributed by atoms with Crippen molar-refractivity contribution in [3.05, 3.63) is 70.7 Å². The fraction of sp³-hybridized carbons (Fsp3) is 0.333. The Morgan fingerprint density at radius 1 is 1.05 bits per heavy atom. The molecule has 0 aromatic heterocycles. The molecule has 2 nitrogen and oxygen atoms in total. The monoisotopic (exact) mass is 302 g/mol. The maximum Gasteiger partial charge on any atom is 0.0545 e. The van der Waals surface area contributed by atoms with E-state index >= 15 is 0 Å². The summed E-state index contributed by atoms with van der Waals surface area (Å²) in [6.07, 6.45) is 1.09. The summed E-state index contributed by atoms with van der Waals surface area (Å²) in [5.74, 6) is 6.67. The largest absolute Gasteiger partial charge is 0.271 e. The van der Waals surface area contributed by atoms with Gasteiger partial charge in [0.25, 0.3) is 0 Å². The standard InChI is InChI=1S/C18H23ClN2/c1-3-13(2)17(14-9-5-4-6-10-14)18(21-20)15-11-7-8-12-16(15)19/h4-13,17-18,21H,3,20H2,1-2H3. The van der Waals surface area contributed by atoms with E-state index in [-0.39, 0.29) is 12.0 Å². The van der Waals surface area contributed by atoms with Gasteiger partial charge in [-0.05, 0) is 23.1 Å².